The van der Waals surface area contributed by atoms with Crippen LogP contribution in [0.2, 0.25) is 0 Å². The molecule has 0 unspecified atom stereocenters. The molecule has 8 atom stereocenters. The zero-order valence-corrected chi connectivity index (χ0v) is 26.1. The third kappa shape index (κ3) is 6.22. The maximum absolute atomic E-state index is 13.5. The van der Waals surface area contributed by atoms with Crippen molar-refractivity contribution in [2.75, 3.05) is 18.9 Å². The first-order chi connectivity index (χ1) is 18.0. The van der Waals surface area contributed by atoms with Gasteiger partial charge in [0, 0.05) is 34.5 Å². The minimum atomic E-state index is -0.683. The molecular formula is C31H51NO6S. The Bertz CT molecular complexity index is 951. The van der Waals surface area contributed by atoms with Crippen LogP contribution in [0.5, 0.6) is 0 Å². The number of nitrogens with one attached hydrogen (secondary N) is 1. The van der Waals surface area contributed by atoms with Crippen molar-refractivity contribution >= 4 is 29.6 Å². The van der Waals surface area contributed by atoms with Gasteiger partial charge in [0.25, 0.3) is 0 Å². The fourth-order valence-corrected chi connectivity index (χ4v) is 8.33. The minimum absolute atomic E-state index is 0.0588. The average Bonchev–Trinajstić information content (AvgIpc) is 3.23. The van der Waals surface area contributed by atoms with Gasteiger partial charge in [-0.15, -0.1) is 18.3 Å². The normalized spacial score (nSPS) is 38.4. The number of Topliss-reactive ketones (excluding diaryl/α,β-unsaturated/α-hetero) is 1. The largest absolute Gasteiger partial charge is 0.461 e. The van der Waals surface area contributed by atoms with Gasteiger partial charge in [0.2, 0.25) is 0 Å². The predicted octanol–water partition coefficient (Wildman–Crippen LogP) is 5.79. The summed E-state index contributed by atoms with van der Waals surface area (Å²) in [5.74, 6) is 0.169. The summed E-state index contributed by atoms with van der Waals surface area (Å²) in [7, 11) is 0. The number of rotatable bonds is 9. The molecule has 0 spiro atoms. The zero-order valence-electron chi connectivity index (χ0n) is 25.3. The third-order valence-electron chi connectivity index (χ3n) is 10.4. The minimum Gasteiger partial charge on any atom is -0.461 e. The van der Waals surface area contributed by atoms with Crippen LogP contribution < -0.4 is 5.32 Å². The van der Waals surface area contributed by atoms with Gasteiger partial charge in [-0.25, -0.2) is 4.79 Å². The highest BCUT2D eigenvalue weighted by Crippen LogP contribution is 2.68. The van der Waals surface area contributed by atoms with E-state index in [1.807, 2.05) is 40.7 Å². The predicted molar refractivity (Wildman–Crippen MR) is 155 cm³/mol. The van der Waals surface area contributed by atoms with Crippen LogP contribution in [0.1, 0.15) is 87.5 Å². The number of hydrogen-bond acceptors (Lipinski definition) is 7. The van der Waals surface area contributed by atoms with E-state index in [1.54, 1.807) is 0 Å². The number of aliphatic hydroxyl groups is 1. The van der Waals surface area contributed by atoms with E-state index in [4.69, 9.17) is 9.47 Å². The number of amides is 1. The Balaban J connectivity index is 1.79. The summed E-state index contributed by atoms with van der Waals surface area (Å²) < 4.78 is 11.1. The van der Waals surface area contributed by atoms with E-state index in [9.17, 15) is 19.5 Å². The summed E-state index contributed by atoms with van der Waals surface area (Å²) in [4.78, 5) is 38.9. The Morgan fingerprint density at radius 1 is 1.26 bits per heavy atom. The molecule has 222 valence electrons. The number of aliphatic hydroxyl groups excluding tert-OH is 1. The summed E-state index contributed by atoms with van der Waals surface area (Å²) >= 11 is 1.42. The second-order valence-electron chi connectivity index (χ2n) is 14.0. The molecule has 8 heteroatoms. The van der Waals surface area contributed by atoms with Gasteiger partial charge in [-0.05, 0) is 62.7 Å². The van der Waals surface area contributed by atoms with Crippen molar-refractivity contribution in [3.63, 3.8) is 0 Å². The molecule has 0 heterocycles. The van der Waals surface area contributed by atoms with Crippen LogP contribution in [0.3, 0.4) is 0 Å². The van der Waals surface area contributed by atoms with Gasteiger partial charge in [0.15, 0.2) is 0 Å². The molecule has 0 aliphatic heterocycles. The van der Waals surface area contributed by atoms with Gasteiger partial charge < -0.3 is 19.9 Å². The smallest absolute Gasteiger partial charge is 0.407 e. The molecule has 0 aromatic rings. The molecule has 2 bridgehead atoms. The van der Waals surface area contributed by atoms with Crippen molar-refractivity contribution in [2.24, 2.45) is 39.9 Å². The van der Waals surface area contributed by atoms with Crippen LogP contribution in [-0.2, 0) is 19.1 Å². The molecule has 7 nitrogen and oxygen atoms in total. The first-order valence-corrected chi connectivity index (χ1v) is 15.6. The van der Waals surface area contributed by atoms with Gasteiger partial charge in [-0.3, -0.25) is 9.59 Å². The summed E-state index contributed by atoms with van der Waals surface area (Å²) in [5.41, 5.74) is -1.47. The van der Waals surface area contributed by atoms with Crippen LogP contribution in [0.15, 0.2) is 12.7 Å². The van der Waals surface area contributed by atoms with E-state index in [0.717, 1.165) is 19.3 Å². The molecule has 0 aromatic heterocycles. The van der Waals surface area contributed by atoms with E-state index in [2.05, 4.69) is 32.7 Å². The number of ketones is 1. The number of alkyl carbamates (subject to hydrolysis) is 1. The number of ether oxygens (including phenoxy) is 2. The lowest BCUT2D eigenvalue weighted by Gasteiger charge is -2.61. The van der Waals surface area contributed by atoms with Gasteiger partial charge in [0.1, 0.15) is 11.9 Å². The van der Waals surface area contributed by atoms with Crippen molar-refractivity contribution in [1.29, 1.82) is 0 Å². The van der Waals surface area contributed by atoms with Crippen molar-refractivity contribution < 1.29 is 29.0 Å². The maximum atomic E-state index is 13.5. The van der Waals surface area contributed by atoms with E-state index in [1.165, 1.54) is 11.8 Å². The SMILES string of the molecule is C=C[C@]1(C)C[C@@H](OC(=O)CSC(C)(C)CNC(=O)OCC(C)C)[C@]2(C)[C@H](C)CC[C@]3(CCC(=O)[C@H]32)[C@@H](C)[C@@H]1O. The molecule has 3 fully saturated rings. The molecule has 0 radical (unpaired) electrons. The monoisotopic (exact) mass is 565 g/mol. The highest BCUT2D eigenvalue weighted by Gasteiger charge is 2.68. The van der Waals surface area contributed by atoms with E-state index in [-0.39, 0.29) is 46.6 Å². The Labute approximate surface area is 239 Å². The van der Waals surface area contributed by atoms with Crippen molar-refractivity contribution in [3.8, 4) is 0 Å². The fraction of sp³-hybridized carbons (Fsp3) is 0.839. The molecule has 0 saturated heterocycles. The second kappa shape index (κ2) is 11.8. The lowest BCUT2D eigenvalue weighted by atomic mass is 9.44. The molecule has 3 aliphatic rings. The second-order valence-corrected chi connectivity index (χ2v) is 15.6. The molecule has 0 aromatic carbocycles. The first kappa shape index (κ1) is 32.0. The van der Waals surface area contributed by atoms with Gasteiger partial charge in [-0.1, -0.05) is 47.6 Å². The highest BCUT2D eigenvalue weighted by atomic mass is 32.2. The lowest BCUT2D eigenvalue weighted by Crippen LogP contribution is -2.63. The number of carbonyl (C=O) groups excluding carboxylic acids is 3. The van der Waals surface area contributed by atoms with Crippen LogP contribution in [0, 0.1) is 39.9 Å². The zero-order chi connectivity index (χ0) is 29.4. The molecule has 39 heavy (non-hydrogen) atoms. The van der Waals surface area contributed by atoms with E-state index < -0.39 is 33.9 Å². The number of thioether (sulfide) groups is 1. The fourth-order valence-electron chi connectivity index (χ4n) is 7.58. The molecule has 3 aliphatic carbocycles. The van der Waals surface area contributed by atoms with Crippen LogP contribution in [-0.4, -0.2) is 58.8 Å². The molecular weight excluding hydrogens is 514 g/mol. The lowest BCUT2D eigenvalue weighted by molar-refractivity contribution is -0.205. The molecule has 3 saturated carbocycles. The number of hydrogen-bond donors (Lipinski definition) is 2. The van der Waals surface area contributed by atoms with Gasteiger partial charge in [-0.2, -0.15) is 0 Å². The molecule has 3 rings (SSSR count). The highest BCUT2D eigenvalue weighted by molar-refractivity contribution is 8.01. The summed E-state index contributed by atoms with van der Waals surface area (Å²) in [6.07, 6.45) is 3.71. The Hall–Kier alpha value is -1.54. The van der Waals surface area contributed by atoms with Crippen LogP contribution >= 0.6 is 11.8 Å². The Morgan fingerprint density at radius 2 is 1.92 bits per heavy atom. The third-order valence-corrected chi connectivity index (χ3v) is 11.7. The maximum Gasteiger partial charge on any atom is 0.407 e. The summed E-state index contributed by atoms with van der Waals surface area (Å²) in [5, 5.41) is 14.4. The van der Waals surface area contributed by atoms with E-state index >= 15 is 0 Å². The average molecular weight is 566 g/mol. The quantitative estimate of drug-likeness (QED) is 0.270. The topological polar surface area (TPSA) is 102 Å². The van der Waals surface area contributed by atoms with E-state index in [0.29, 0.717) is 26.0 Å². The Kier molecular flexibility index (Phi) is 9.64. The van der Waals surface area contributed by atoms with Crippen LogP contribution in [0.25, 0.3) is 0 Å². The first-order valence-electron chi connectivity index (χ1n) is 14.6. The van der Waals surface area contributed by atoms with Crippen molar-refractivity contribution in [3.05, 3.63) is 12.7 Å². The van der Waals surface area contributed by atoms with Crippen LogP contribution in [0.4, 0.5) is 4.79 Å². The number of carbonyl (C=O) groups is 3. The summed E-state index contributed by atoms with van der Waals surface area (Å²) in [6.45, 7) is 21.1. The standard InChI is InChI=1S/C31H51NO6S/c1-10-29(8)15-23(38-24(34)17-39-28(6,7)18-32-27(36)37-16-19(2)3)30(9)20(4)11-13-31(21(5)26(29)35)14-12-22(33)25(30)31/h10,19-21,23,25-26,35H,1,11-18H2,2-9H3,(H,32,36)/t20-,21+,23-,25+,26+,29-,30+,31+/m1/s1. The number of esters is 1. The Morgan fingerprint density at radius 3 is 2.54 bits per heavy atom. The van der Waals surface area contributed by atoms with Crippen molar-refractivity contribution in [2.45, 2.75) is 104 Å². The van der Waals surface area contributed by atoms with Gasteiger partial charge in [0.05, 0.1) is 18.5 Å². The summed E-state index contributed by atoms with van der Waals surface area (Å²) in [6, 6.07) is 0. The van der Waals surface area contributed by atoms with Gasteiger partial charge >= 0.3 is 12.1 Å². The molecule has 1 amide bonds. The molecule has 2 N–H and O–H groups in total. The van der Waals surface area contributed by atoms with Crippen molar-refractivity contribution in [1.82, 2.24) is 5.32 Å².